The van der Waals surface area contributed by atoms with Gasteiger partial charge in [0.2, 0.25) is 5.75 Å². The predicted octanol–water partition coefficient (Wildman–Crippen LogP) is 4.88. The zero-order valence-electron chi connectivity index (χ0n) is 16.2. The molecular formula is C23H23NO4. The highest BCUT2D eigenvalue weighted by atomic mass is 16.5. The maximum atomic E-state index is 12.8. The molecule has 3 aromatic carbocycles. The fourth-order valence-electron chi connectivity index (χ4n) is 2.92. The minimum absolute atomic E-state index is 0.0250. The molecule has 5 heteroatoms. The Kier molecular flexibility index (Phi) is 6.17. The number of para-hydroxylation sites is 1. The summed E-state index contributed by atoms with van der Waals surface area (Å²) in [4.78, 5) is 12.8. The van der Waals surface area contributed by atoms with Crippen molar-refractivity contribution < 1.29 is 19.0 Å². The normalized spacial score (nSPS) is 10.2. The molecule has 3 aromatic rings. The molecule has 0 heterocycles. The number of ether oxygens (including phenoxy) is 3. The highest BCUT2D eigenvalue weighted by Gasteiger charge is 2.17. The summed E-state index contributed by atoms with van der Waals surface area (Å²) in [7, 11) is 4.60. The summed E-state index contributed by atoms with van der Waals surface area (Å²) < 4.78 is 16.0. The Labute approximate surface area is 164 Å². The Morgan fingerprint density at radius 2 is 1.36 bits per heavy atom. The third kappa shape index (κ3) is 4.43. The standard InChI is InChI=1S/C23H23NO4/c1-26-21-14-17(15-22(27-2)23(21)28-3)20(25)13-16-9-11-19(12-10-16)24-18-7-5-4-6-8-18/h4-12,14-15,24H,13H2,1-3H3. The van der Waals surface area contributed by atoms with Crippen LogP contribution in [-0.4, -0.2) is 27.1 Å². The summed E-state index contributed by atoms with van der Waals surface area (Å²) in [5, 5.41) is 3.33. The van der Waals surface area contributed by atoms with Crippen LogP contribution in [0, 0.1) is 0 Å². The molecule has 3 rings (SSSR count). The smallest absolute Gasteiger partial charge is 0.203 e. The second-order valence-electron chi connectivity index (χ2n) is 6.20. The van der Waals surface area contributed by atoms with Crippen LogP contribution in [0.3, 0.4) is 0 Å². The van der Waals surface area contributed by atoms with Gasteiger partial charge in [0.25, 0.3) is 0 Å². The minimum atomic E-state index is -0.0250. The van der Waals surface area contributed by atoms with Crippen LogP contribution < -0.4 is 19.5 Å². The van der Waals surface area contributed by atoms with Gasteiger partial charge in [0, 0.05) is 23.4 Å². The lowest BCUT2D eigenvalue weighted by molar-refractivity contribution is 0.0992. The van der Waals surface area contributed by atoms with Crippen molar-refractivity contribution in [3.8, 4) is 17.2 Å². The van der Waals surface area contributed by atoms with Crippen LogP contribution in [0.5, 0.6) is 17.2 Å². The van der Waals surface area contributed by atoms with E-state index in [0.29, 0.717) is 22.8 Å². The first kappa shape index (κ1) is 19.3. The fraction of sp³-hybridized carbons (Fsp3) is 0.174. The number of anilines is 2. The summed E-state index contributed by atoms with van der Waals surface area (Å²) >= 11 is 0. The summed E-state index contributed by atoms with van der Waals surface area (Å²) in [5.41, 5.74) is 3.43. The van der Waals surface area contributed by atoms with Gasteiger partial charge in [-0.15, -0.1) is 0 Å². The lowest BCUT2D eigenvalue weighted by atomic mass is 10.0. The van der Waals surface area contributed by atoms with Crippen LogP contribution in [0.2, 0.25) is 0 Å². The van der Waals surface area contributed by atoms with E-state index in [0.717, 1.165) is 16.9 Å². The molecule has 0 aliphatic carbocycles. The van der Waals surface area contributed by atoms with E-state index in [-0.39, 0.29) is 12.2 Å². The highest BCUT2D eigenvalue weighted by molar-refractivity contribution is 5.98. The Bertz CT molecular complexity index is 912. The van der Waals surface area contributed by atoms with Gasteiger partial charge < -0.3 is 19.5 Å². The minimum Gasteiger partial charge on any atom is -0.493 e. The first-order valence-electron chi connectivity index (χ1n) is 8.89. The van der Waals surface area contributed by atoms with Gasteiger partial charge in [-0.05, 0) is 42.0 Å². The lowest BCUT2D eigenvalue weighted by Crippen LogP contribution is -2.06. The summed E-state index contributed by atoms with van der Waals surface area (Å²) in [6, 6.07) is 21.1. The summed E-state index contributed by atoms with van der Waals surface area (Å²) in [5.74, 6) is 1.38. The third-order valence-corrected chi connectivity index (χ3v) is 4.37. The number of benzene rings is 3. The molecule has 0 amide bonds. The molecule has 5 nitrogen and oxygen atoms in total. The number of hydrogen-bond donors (Lipinski definition) is 1. The van der Waals surface area contributed by atoms with Crippen LogP contribution in [0.4, 0.5) is 11.4 Å². The highest BCUT2D eigenvalue weighted by Crippen LogP contribution is 2.38. The van der Waals surface area contributed by atoms with Crippen molar-refractivity contribution in [2.75, 3.05) is 26.6 Å². The van der Waals surface area contributed by atoms with E-state index in [4.69, 9.17) is 14.2 Å². The zero-order valence-corrected chi connectivity index (χ0v) is 16.2. The van der Waals surface area contributed by atoms with Gasteiger partial charge in [-0.3, -0.25) is 4.79 Å². The predicted molar refractivity (Wildman–Crippen MR) is 110 cm³/mol. The average Bonchev–Trinajstić information content (AvgIpc) is 2.74. The third-order valence-electron chi connectivity index (χ3n) is 4.37. The number of nitrogens with one attached hydrogen (secondary N) is 1. The monoisotopic (exact) mass is 377 g/mol. The quantitative estimate of drug-likeness (QED) is 0.567. The van der Waals surface area contributed by atoms with Gasteiger partial charge in [-0.25, -0.2) is 0 Å². The van der Waals surface area contributed by atoms with Crippen molar-refractivity contribution in [3.05, 3.63) is 77.9 Å². The van der Waals surface area contributed by atoms with E-state index in [1.54, 1.807) is 12.1 Å². The number of Topliss-reactive ketones (excluding diaryl/α,β-unsaturated/α-hetero) is 1. The topological polar surface area (TPSA) is 56.8 Å². The molecule has 0 saturated carbocycles. The molecule has 0 fully saturated rings. The van der Waals surface area contributed by atoms with Crippen LogP contribution in [-0.2, 0) is 6.42 Å². The molecule has 0 bridgehead atoms. The molecule has 144 valence electrons. The number of rotatable bonds is 8. The van der Waals surface area contributed by atoms with Gasteiger partial charge in [0.15, 0.2) is 17.3 Å². The summed E-state index contributed by atoms with van der Waals surface area (Å²) in [6.07, 6.45) is 0.282. The molecule has 1 N–H and O–H groups in total. The maximum absolute atomic E-state index is 12.8. The van der Waals surface area contributed by atoms with E-state index in [1.165, 1.54) is 21.3 Å². The largest absolute Gasteiger partial charge is 0.493 e. The fourth-order valence-corrected chi connectivity index (χ4v) is 2.92. The Hall–Kier alpha value is -3.47. The number of ketones is 1. The van der Waals surface area contributed by atoms with Crippen LogP contribution in [0.25, 0.3) is 0 Å². The zero-order chi connectivity index (χ0) is 19.9. The van der Waals surface area contributed by atoms with E-state index in [1.807, 2.05) is 54.6 Å². The van der Waals surface area contributed by atoms with E-state index < -0.39 is 0 Å². The average molecular weight is 377 g/mol. The maximum Gasteiger partial charge on any atom is 0.203 e. The van der Waals surface area contributed by atoms with E-state index in [9.17, 15) is 4.79 Å². The molecule has 0 aliphatic rings. The number of methoxy groups -OCH3 is 3. The van der Waals surface area contributed by atoms with Gasteiger partial charge in [0.1, 0.15) is 0 Å². The number of carbonyl (C=O) groups is 1. The lowest BCUT2D eigenvalue weighted by Gasteiger charge is -2.14. The summed E-state index contributed by atoms with van der Waals surface area (Å²) in [6.45, 7) is 0. The van der Waals surface area contributed by atoms with Crippen molar-refractivity contribution in [1.29, 1.82) is 0 Å². The molecule has 0 radical (unpaired) electrons. The van der Waals surface area contributed by atoms with E-state index in [2.05, 4.69) is 5.32 Å². The molecule has 0 saturated heterocycles. The van der Waals surface area contributed by atoms with Crippen molar-refractivity contribution in [2.45, 2.75) is 6.42 Å². The first-order chi connectivity index (χ1) is 13.6. The van der Waals surface area contributed by atoms with Gasteiger partial charge in [-0.2, -0.15) is 0 Å². The molecule has 0 atom stereocenters. The molecule has 0 aromatic heterocycles. The molecule has 0 unspecified atom stereocenters. The van der Waals surface area contributed by atoms with Crippen molar-refractivity contribution in [2.24, 2.45) is 0 Å². The van der Waals surface area contributed by atoms with Gasteiger partial charge >= 0.3 is 0 Å². The Balaban J connectivity index is 1.74. The van der Waals surface area contributed by atoms with Crippen molar-refractivity contribution >= 4 is 17.2 Å². The number of carbonyl (C=O) groups excluding carboxylic acids is 1. The van der Waals surface area contributed by atoms with Crippen LogP contribution in [0.1, 0.15) is 15.9 Å². The second kappa shape index (κ2) is 8.95. The molecule has 0 spiro atoms. The Morgan fingerprint density at radius 3 is 1.89 bits per heavy atom. The second-order valence-corrected chi connectivity index (χ2v) is 6.20. The van der Waals surface area contributed by atoms with Crippen molar-refractivity contribution in [1.82, 2.24) is 0 Å². The van der Waals surface area contributed by atoms with Crippen molar-refractivity contribution in [3.63, 3.8) is 0 Å². The van der Waals surface area contributed by atoms with Gasteiger partial charge in [0.05, 0.1) is 21.3 Å². The van der Waals surface area contributed by atoms with Gasteiger partial charge in [-0.1, -0.05) is 30.3 Å². The van der Waals surface area contributed by atoms with Crippen LogP contribution in [0.15, 0.2) is 66.7 Å². The molecule has 0 aliphatic heterocycles. The number of hydrogen-bond acceptors (Lipinski definition) is 5. The Morgan fingerprint density at radius 1 is 0.786 bits per heavy atom. The molecular weight excluding hydrogens is 354 g/mol. The molecule has 28 heavy (non-hydrogen) atoms. The SMILES string of the molecule is COc1cc(C(=O)Cc2ccc(Nc3ccccc3)cc2)cc(OC)c1OC. The van der Waals surface area contributed by atoms with Crippen LogP contribution >= 0.6 is 0 Å². The first-order valence-corrected chi connectivity index (χ1v) is 8.89. The van der Waals surface area contributed by atoms with E-state index >= 15 is 0 Å².